The van der Waals surface area contributed by atoms with Gasteiger partial charge in [-0.2, -0.15) is 0 Å². The first-order chi connectivity index (χ1) is 18.6. The summed E-state index contributed by atoms with van der Waals surface area (Å²) in [5, 5.41) is 3.95. The van der Waals surface area contributed by atoms with Gasteiger partial charge in [0.2, 0.25) is 0 Å². The Morgan fingerprint density at radius 1 is 1.10 bits per heavy atom. The van der Waals surface area contributed by atoms with Crippen LogP contribution in [0.25, 0.3) is 22.0 Å². The van der Waals surface area contributed by atoms with Crippen LogP contribution in [0, 0.1) is 13.8 Å². The smallest absolute Gasteiger partial charge is 0.253 e. The standard InChI is InChI=1S/C30H37BN6O2/c1-18(2)37-17-25(31)28-23(29(38)33-16-24-19(3)12-20(4)34-30(24)39)13-22(14-26(28)37)21-6-7-27(32-15-21)36-10-8-35(5)9-11-36/h6-7,12-15,17-18H,8-11,16,31H2,1-5H3,(H,33,38)(H,34,39). The molecular formula is C30H37BN6O2. The topological polar surface area (TPSA) is 86.3 Å². The van der Waals surface area contributed by atoms with Crippen molar-refractivity contribution in [3.8, 4) is 11.1 Å². The van der Waals surface area contributed by atoms with E-state index in [1.807, 2.05) is 40.0 Å². The normalized spacial score (nSPS) is 14.4. The number of hydrogen-bond donors (Lipinski definition) is 2. The lowest BCUT2D eigenvalue weighted by Gasteiger charge is -2.33. The van der Waals surface area contributed by atoms with Gasteiger partial charge in [-0.1, -0.05) is 5.46 Å². The summed E-state index contributed by atoms with van der Waals surface area (Å²) in [7, 11) is 4.19. The molecule has 4 aromatic rings. The van der Waals surface area contributed by atoms with E-state index >= 15 is 0 Å². The van der Waals surface area contributed by atoms with Gasteiger partial charge in [0, 0.05) is 78.2 Å². The maximum atomic E-state index is 13.7. The van der Waals surface area contributed by atoms with Gasteiger partial charge < -0.3 is 24.7 Å². The highest BCUT2D eigenvalue weighted by molar-refractivity contribution is 6.40. The first-order valence-corrected chi connectivity index (χ1v) is 13.6. The third-order valence-electron chi connectivity index (χ3n) is 7.75. The first kappa shape index (κ1) is 26.7. The number of nitrogens with zero attached hydrogens (tertiary/aromatic N) is 4. The fourth-order valence-electron chi connectivity index (χ4n) is 5.51. The molecule has 0 unspecified atom stereocenters. The Morgan fingerprint density at radius 2 is 1.85 bits per heavy atom. The molecule has 0 saturated carbocycles. The van der Waals surface area contributed by atoms with Gasteiger partial charge in [0.1, 0.15) is 13.7 Å². The minimum atomic E-state index is -0.201. The highest BCUT2D eigenvalue weighted by Crippen LogP contribution is 2.30. The van der Waals surface area contributed by atoms with Crippen LogP contribution in [0.15, 0.2) is 47.5 Å². The molecule has 9 heteroatoms. The number of benzene rings is 1. The van der Waals surface area contributed by atoms with Gasteiger partial charge in [0.15, 0.2) is 0 Å². The van der Waals surface area contributed by atoms with Crippen molar-refractivity contribution in [3.05, 3.63) is 75.5 Å². The van der Waals surface area contributed by atoms with Crippen LogP contribution in [-0.4, -0.2) is 66.4 Å². The molecule has 1 aliphatic rings. The van der Waals surface area contributed by atoms with Crippen LogP contribution in [0.2, 0.25) is 0 Å². The van der Waals surface area contributed by atoms with Gasteiger partial charge in [0.05, 0.1) is 0 Å². The Bertz CT molecular complexity index is 1580. The molecule has 0 aliphatic carbocycles. The van der Waals surface area contributed by atoms with E-state index in [1.165, 1.54) is 0 Å². The number of carbonyl (C=O) groups is 1. The number of carbonyl (C=O) groups excluding carboxylic acids is 1. The molecule has 1 fully saturated rings. The Balaban J connectivity index is 1.51. The van der Waals surface area contributed by atoms with E-state index in [0.717, 1.165) is 70.7 Å². The van der Waals surface area contributed by atoms with Crippen LogP contribution in [0.5, 0.6) is 0 Å². The number of H-pyrrole nitrogens is 1. The monoisotopic (exact) mass is 524 g/mol. The van der Waals surface area contributed by atoms with Crippen LogP contribution in [-0.2, 0) is 6.54 Å². The fraction of sp³-hybridized carbons (Fsp3) is 0.367. The van der Waals surface area contributed by atoms with E-state index in [9.17, 15) is 9.59 Å². The maximum Gasteiger partial charge on any atom is 0.253 e. The molecule has 4 heterocycles. The fourth-order valence-corrected chi connectivity index (χ4v) is 5.51. The van der Waals surface area contributed by atoms with E-state index in [1.54, 1.807) is 0 Å². The lowest BCUT2D eigenvalue weighted by molar-refractivity contribution is 0.0952. The Hall–Kier alpha value is -3.85. The zero-order valence-corrected chi connectivity index (χ0v) is 23.8. The molecule has 1 amide bonds. The number of hydrogen-bond acceptors (Lipinski definition) is 5. The Labute approximate surface area is 230 Å². The number of aromatic amines is 1. The van der Waals surface area contributed by atoms with Crippen molar-refractivity contribution < 1.29 is 4.79 Å². The average Bonchev–Trinajstić information content (AvgIpc) is 3.24. The van der Waals surface area contributed by atoms with Gasteiger partial charge in [-0.15, -0.1) is 0 Å². The van der Waals surface area contributed by atoms with Gasteiger partial charge in [-0.05, 0) is 82.4 Å². The van der Waals surface area contributed by atoms with Crippen LogP contribution < -0.4 is 21.2 Å². The van der Waals surface area contributed by atoms with Gasteiger partial charge in [0.25, 0.3) is 11.5 Å². The largest absolute Gasteiger partial charge is 0.354 e. The molecule has 1 saturated heterocycles. The quantitative estimate of drug-likeness (QED) is 0.379. The molecule has 3 aromatic heterocycles. The lowest BCUT2D eigenvalue weighted by atomic mass is 9.91. The van der Waals surface area contributed by atoms with E-state index < -0.39 is 0 Å². The van der Waals surface area contributed by atoms with Crippen LogP contribution in [0.3, 0.4) is 0 Å². The summed E-state index contributed by atoms with van der Waals surface area (Å²) < 4.78 is 2.21. The number of fused-ring (bicyclic) bond motifs is 1. The van der Waals surface area contributed by atoms with Crippen LogP contribution >= 0.6 is 0 Å². The number of aromatic nitrogens is 3. The molecule has 0 bridgehead atoms. The van der Waals surface area contributed by atoms with E-state index in [4.69, 9.17) is 4.98 Å². The van der Waals surface area contributed by atoms with Crippen molar-refractivity contribution in [2.75, 3.05) is 38.1 Å². The van der Waals surface area contributed by atoms with E-state index in [0.29, 0.717) is 11.1 Å². The van der Waals surface area contributed by atoms with Crippen molar-refractivity contribution in [1.82, 2.24) is 24.8 Å². The van der Waals surface area contributed by atoms with Crippen LogP contribution in [0.1, 0.15) is 47.1 Å². The van der Waals surface area contributed by atoms with Crippen molar-refractivity contribution >= 4 is 35.9 Å². The molecule has 1 aromatic carbocycles. The Kier molecular flexibility index (Phi) is 7.36. The highest BCUT2D eigenvalue weighted by Gasteiger charge is 2.20. The number of nitrogens with one attached hydrogen (secondary N) is 2. The summed E-state index contributed by atoms with van der Waals surface area (Å²) >= 11 is 0. The van der Waals surface area contributed by atoms with Gasteiger partial charge in [-0.25, -0.2) is 4.98 Å². The predicted molar refractivity (Wildman–Crippen MR) is 161 cm³/mol. The number of amides is 1. The molecule has 1 aliphatic heterocycles. The minimum absolute atomic E-state index is 0.164. The number of piperazine rings is 1. The summed E-state index contributed by atoms with van der Waals surface area (Å²) in [6, 6.07) is 10.4. The number of rotatable bonds is 6. The Morgan fingerprint density at radius 3 is 2.49 bits per heavy atom. The van der Waals surface area contributed by atoms with E-state index in [-0.39, 0.29) is 24.1 Å². The number of aryl methyl sites for hydroxylation is 2. The third-order valence-corrected chi connectivity index (χ3v) is 7.75. The lowest BCUT2D eigenvalue weighted by Crippen LogP contribution is -2.44. The second-order valence-electron chi connectivity index (χ2n) is 11.1. The van der Waals surface area contributed by atoms with Crippen molar-refractivity contribution in [2.24, 2.45) is 0 Å². The predicted octanol–water partition coefficient (Wildman–Crippen LogP) is 2.53. The summed E-state index contributed by atoms with van der Waals surface area (Å²) in [6.07, 6.45) is 4.01. The number of likely N-dealkylation sites (N-methyl/N-ethyl adjacent to an activating group) is 1. The SMILES string of the molecule is Bc1cn(C(C)C)c2cc(-c3ccc(N4CCN(C)CC4)nc3)cc(C(=O)NCc3c(C)cc(C)[nH]c3=O)c12. The molecule has 0 spiro atoms. The number of pyridine rings is 2. The summed E-state index contributed by atoms with van der Waals surface area (Å²) in [6.45, 7) is 12.2. The maximum absolute atomic E-state index is 13.7. The highest BCUT2D eigenvalue weighted by atomic mass is 16.1. The zero-order chi connectivity index (χ0) is 27.8. The molecule has 8 nitrogen and oxygen atoms in total. The molecule has 0 atom stereocenters. The zero-order valence-electron chi connectivity index (χ0n) is 23.8. The van der Waals surface area contributed by atoms with Crippen molar-refractivity contribution in [1.29, 1.82) is 0 Å². The van der Waals surface area contributed by atoms with Crippen molar-refractivity contribution in [3.63, 3.8) is 0 Å². The first-order valence-electron chi connectivity index (χ1n) is 13.6. The summed E-state index contributed by atoms with van der Waals surface area (Å²) in [4.78, 5) is 38.5. The number of anilines is 1. The molecule has 39 heavy (non-hydrogen) atoms. The summed E-state index contributed by atoms with van der Waals surface area (Å²) in [5.74, 6) is 0.777. The molecule has 0 radical (unpaired) electrons. The minimum Gasteiger partial charge on any atom is -0.354 e. The third kappa shape index (κ3) is 5.36. The van der Waals surface area contributed by atoms with Crippen molar-refractivity contribution in [2.45, 2.75) is 40.3 Å². The van der Waals surface area contributed by atoms with Gasteiger partial charge in [-0.3, -0.25) is 9.59 Å². The molecule has 202 valence electrons. The van der Waals surface area contributed by atoms with E-state index in [2.05, 4.69) is 70.0 Å². The molecule has 5 rings (SSSR count). The van der Waals surface area contributed by atoms with Crippen LogP contribution in [0.4, 0.5) is 5.82 Å². The molecular weight excluding hydrogens is 487 g/mol. The second-order valence-corrected chi connectivity index (χ2v) is 11.1. The average molecular weight is 524 g/mol. The molecule has 2 N–H and O–H groups in total. The van der Waals surface area contributed by atoms with Gasteiger partial charge >= 0.3 is 0 Å². The summed E-state index contributed by atoms with van der Waals surface area (Å²) in [5.41, 5.74) is 6.63. The second kappa shape index (κ2) is 10.7.